The molecule has 0 saturated heterocycles. The maximum absolute atomic E-state index is 12.2. The molecule has 0 unspecified atom stereocenters. The van der Waals surface area contributed by atoms with Crippen molar-refractivity contribution in [2.75, 3.05) is 5.32 Å². The van der Waals surface area contributed by atoms with Gasteiger partial charge in [-0.05, 0) is 25.5 Å². The number of aryl methyl sites for hydroxylation is 1. The Bertz CT molecular complexity index is 1010. The molecule has 27 heavy (non-hydrogen) atoms. The highest BCUT2D eigenvalue weighted by molar-refractivity contribution is 6.31. The highest BCUT2D eigenvalue weighted by atomic mass is 35.5. The summed E-state index contributed by atoms with van der Waals surface area (Å²) >= 11 is 6.14. The zero-order valence-corrected chi connectivity index (χ0v) is 15.5. The molecular formula is C17H17ClN6O3. The van der Waals surface area contributed by atoms with Crippen LogP contribution >= 0.6 is 11.6 Å². The lowest BCUT2D eigenvalue weighted by atomic mass is 10.2. The smallest absolute Gasteiger partial charge is 0.308 e. The van der Waals surface area contributed by atoms with Gasteiger partial charge in [0, 0.05) is 17.3 Å². The fourth-order valence-corrected chi connectivity index (χ4v) is 2.94. The van der Waals surface area contributed by atoms with E-state index in [-0.39, 0.29) is 23.8 Å². The van der Waals surface area contributed by atoms with Gasteiger partial charge in [-0.2, -0.15) is 10.2 Å². The summed E-state index contributed by atoms with van der Waals surface area (Å²) in [6.45, 7) is 3.43. The Hall–Kier alpha value is -3.20. The lowest BCUT2D eigenvalue weighted by Gasteiger charge is -2.05. The Morgan fingerprint density at radius 2 is 2.00 bits per heavy atom. The predicted molar refractivity (Wildman–Crippen MR) is 99.8 cm³/mol. The molecule has 10 heteroatoms. The Morgan fingerprint density at radius 1 is 1.26 bits per heavy atom. The van der Waals surface area contributed by atoms with Gasteiger partial charge >= 0.3 is 5.69 Å². The van der Waals surface area contributed by atoms with Gasteiger partial charge in [0.05, 0.1) is 11.5 Å². The number of hydrogen-bond donors (Lipinski definition) is 1. The fourth-order valence-electron chi connectivity index (χ4n) is 2.74. The van der Waals surface area contributed by atoms with Crippen LogP contribution in [-0.2, 0) is 17.9 Å². The number of nitrogens with zero attached hydrogens (tertiary/aromatic N) is 5. The van der Waals surface area contributed by atoms with Crippen molar-refractivity contribution in [3.05, 3.63) is 68.6 Å². The molecule has 3 aromatic rings. The fraction of sp³-hybridized carbons (Fsp3) is 0.235. The Kier molecular flexibility index (Phi) is 5.22. The maximum atomic E-state index is 12.2. The molecule has 0 fully saturated rings. The number of aromatic nitrogens is 4. The number of benzene rings is 1. The maximum Gasteiger partial charge on any atom is 0.312 e. The van der Waals surface area contributed by atoms with Crippen molar-refractivity contribution in [1.82, 2.24) is 19.6 Å². The summed E-state index contributed by atoms with van der Waals surface area (Å²) in [5.74, 6) is 0.00146. The monoisotopic (exact) mass is 388 g/mol. The Labute approximate surface area is 159 Å². The van der Waals surface area contributed by atoms with Crippen LogP contribution < -0.4 is 5.32 Å². The van der Waals surface area contributed by atoms with Crippen LogP contribution in [0.15, 0.2) is 36.5 Å². The second-order valence-corrected chi connectivity index (χ2v) is 6.38. The summed E-state index contributed by atoms with van der Waals surface area (Å²) in [6, 6.07) is 9.11. The summed E-state index contributed by atoms with van der Waals surface area (Å²) in [6.07, 6.45) is 1.73. The summed E-state index contributed by atoms with van der Waals surface area (Å²) in [5.41, 5.74) is 1.44. The molecule has 2 aromatic heterocycles. The first kappa shape index (κ1) is 18.6. The van der Waals surface area contributed by atoms with Gasteiger partial charge in [0.2, 0.25) is 5.91 Å². The average molecular weight is 389 g/mol. The summed E-state index contributed by atoms with van der Waals surface area (Å²) < 4.78 is 2.97. The first-order chi connectivity index (χ1) is 12.8. The lowest BCUT2D eigenvalue weighted by molar-refractivity contribution is -0.386. The molecule has 9 nitrogen and oxygen atoms in total. The zero-order valence-electron chi connectivity index (χ0n) is 14.7. The normalized spacial score (nSPS) is 10.8. The quantitative estimate of drug-likeness (QED) is 0.516. The van der Waals surface area contributed by atoms with Crippen molar-refractivity contribution in [2.24, 2.45) is 0 Å². The highest BCUT2D eigenvalue weighted by Crippen LogP contribution is 2.21. The van der Waals surface area contributed by atoms with Crippen molar-refractivity contribution in [3.8, 4) is 0 Å². The first-order valence-electron chi connectivity index (χ1n) is 8.10. The van der Waals surface area contributed by atoms with Crippen LogP contribution in [0.25, 0.3) is 0 Å². The second kappa shape index (κ2) is 7.58. The molecule has 2 heterocycles. The largest absolute Gasteiger partial charge is 0.312 e. The Balaban J connectivity index is 1.66. The number of nitro groups is 1. The highest BCUT2D eigenvalue weighted by Gasteiger charge is 2.22. The summed E-state index contributed by atoms with van der Waals surface area (Å²) in [7, 11) is 0. The topological polar surface area (TPSA) is 108 Å². The van der Waals surface area contributed by atoms with E-state index in [1.165, 1.54) is 11.6 Å². The first-order valence-corrected chi connectivity index (χ1v) is 8.48. The van der Waals surface area contributed by atoms with E-state index in [9.17, 15) is 14.9 Å². The third-order valence-electron chi connectivity index (χ3n) is 4.02. The molecule has 0 aliphatic heterocycles. The van der Waals surface area contributed by atoms with E-state index >= 15 is 0 Å². The third-order valence-corrected chi connectivity index (χ3v) is 4.39. The molecule has 0 aliphatic rings. The van der Waals surface area contributed by atoms with Gasteiger partial charge in [-0.3, -0.25) is 24.3 Å². The molecule has 0 bridgehead atoms. The standard InChI is InChI=1S/C17H17ClN6O3/c1-11-17(24(26)27)12(2)23(20-11)10-16(25)19-15-7-8-22(21-15)9-13-5-3-4-6-14(13)18/h3-8H,9-10H2,1-2H3,(H,19,21,25). The van der Waals surface area contributed by atoms with Gasteiger partial charge in [-0.25, -0.2) is 0 Å². The number of carbonyl (C=O) groups is 1. The number of anilines is 1. The SMILES string of the molecule is Cc1nn(CC(=O)Nc2ccn(Cc3ccccc3Cl)n2)c(C)c1[N+](=O)[O-]. The molecule has 0 saturated carbocycles. The van der Waals surface area contributed by atoms with E-state index in [4.69, 9.17) is 11.6 Å². The second-order valence-electron chi connectivity index (χ2n) is 5.97. The van der Waals surface area contributed by atoms with Crippen molar-refractivity contribution < 1.29 is 9.72 Å². The molecule has 0 radical (unpaired) electrons. The van der Waals surface area contributed by atoms with Gasteiger partial charge in [0.1, 0.15) is 17.9 Å². The minimum atomic E-state index is -0.498. The Morgan fingerprint density at radius 3 is 2.67 bits per heavy atom. The molecule has 140 valence electrons. The predicted octanol–water partition coefficient (Wildman–Crippen LogP) is 2.95. The molecule has 1 amide bonds. The minimum Gasteiger partial charge on any atom is -0.308 e. The molecule has 0 spiro atoms. The summed E-state index contributed by atoms with van der Waals surface area (Å²) in [5, 5.41) is 22.7. The van der Waals surface area contributed by atoms with Gasteiger partial charge in [0.25, 0.3) is 0 Å². The van der Waals surface area contributed by atoms with E-state index in [2.05, 4.69) is 15.5 Å². The van der Waals surface area contributed by atoms with E-state index < -0.39 is 4.92 Å². The zero-order chi connectivity index (χ0) is 19.6. The number of hydrogen-bond acceptors (Lipinski definition) is 5. The molecule has 1 aromatic carbocycles. The average Bonchev–Trinajstić information content (AvgIpc) is 3.13. The molecule has 0 atom stereocenters. The molecular weight excluding hydrogens is 372 g/mol. The van der Waals surface area contributed by atoms with E-state index in [0.717, 1.165) is 5.56 Å². The van der Waals surface area contributed by atoms with Crippen LogP contribution in [0.4, 0.5) is 11.5 Å². The van der Waals surface area contributed by atoms with Gasteiger partial charge in [-0.1, -0.05) is 29.8 Å². The van der Waals surface area contributed by atoms with Crippen LogP contribution in [-0.4, -0.2) is 30.4 Å². The van der Waals surface area contributed by atoms with Crippen LogP contribution in [0.5, 0.6) is 0 Å². The van der Waals surface area contributed by atoms with Gasteiger partial charge < -0.3 is 5.32 Å². The number of halogens is 1. The molecule has 0 aliphatic carbocycles. The van der Waals surface area contributed by atoms with Crippen LogP contribution in [0.1, 0.15) is 17.0 Å². The minimum absolute atomic E-state index is 0.0770. The number of amides is 1. The summed E-state index contributed by atoms with van der Waals surface area (Å²) in [4.78, 5) is 22.8. The van der Waals surface area contributed by atoms with Crippen LogP contribution in [0.3, 0.4) is 0 Å². The lowest BCUT2D eigenvalue weighted by Crippen LogP contribution is -2.20. The third kappa shape index (κ3) is 4.14. The van der Waals surface area contributed by atoms with E-state index in [1.54, 1.807) is 29.9 Å². The van der Waals surface area contributed by atoms with Crippen molar-refractivity contribution in [2.45, 2.75) is 26.9 Å². The molecule has 3 rings (SSSR count). The number of rotatable bonds is 6. The molecule has 1 N–H and O–H groups in total. The van der Waals surface area contributed by atoms with Crippen molar-refractivity contribution in [1.29, 1.82) is 0 Å². The van der Waals surface area contributed by atoms with Crippen LogP contribution in [0, 0.1) is 24.0 Å². The van der Waals surface area contributed by atoms with Crippen molar-refractivity contribution >= 4 is 29.0 Å². The van der Waals surface area contributed by atoms with Gasteiger partial charge in [0.15, 0.2) is 5.82 Å². The van der Waals surface area contributed by atoms with E-state index in [0.29, 0.717) is 23.1 Å². The van der Waals surface area contributed by atoms with Crippen LogP contribution in [0.2, 0.25) is 5.02 Å². The van der Waals surface area contributed by atoms with Gasteiger partial charge in [-0.15, -0.1) is 0 Å². The van der Waals surface area contributed by atoms with Crippen molar-refractivity contribution in [3.63, 3.8) is 0 Å². The van der Waals surface area contributed by atoms with E-state index in [1.807, 2.05) is 18.2 Å². The number of nitrogens with one attached hydrogen (secondary N) is 1. The number of carbonyl (C=O) groups excluding carboxylic acids is 1.